The van der Waals surface area contributed by atoms with Crippen LogP contribution in [0.15, 0.2) is 0 Å². The molecule has 0 aromatic carbocycles. The number of ether oxygens (including phenoxy) is 2. The lowest BCUT2D eigenvalue weighted by molar-refractivity contribution is -0.204. The van der Waals surface area contributed by atoms with Crippen molar-refractivity contribution in [1.82, 2.24) is 0 Å². The van der Waals surface area contributed by atoms with Gasteiger partial charge in [0.15, 0.2) is 5.79 Å². The van der Waals surface area contributed by atoms with Crippen LogP contribution in [-0.2, 0) is 9.47 Å². The van der Waals surface area contributed by atoms with E-state index < -0.39 is 11.4 Å². The van der Waals surface area contributed by atoms with Crippen molar-refractivity contribution in [2.24, 2.45) is 0 Å². The van der Waals surface area contributed by atoms with Crippen LogP contribution in [0.5, 0.6) is 0 Å². The molecule has 1 fully saturated rings. The van der Waals surface area contributed by atoms with Gasteiger partial charge in [-0.3, -0.25) is 0 Å². The van der Waals surface area contributed by atoms with Crippen LogP contribution in [0, 0.1) is 0 Å². The van der Waals surface area contributed by atoms with Gasteiger partial charge in [-0.15, -0.1) is 0 Å². The summed E-state index contributed by atoms with van der Waals surface area (Å²) < 4.78 is 10.5. The van der Waals surface area contributed by atoms with Gasteiger partial charge < -0.3 is 24.8 Å². The monoisotopic (exact) mass is 206 g/mol. The first-order valence-corrected chi connectivity index (χ1v) is 4.67. The molecule has 84 valence electrons. The minimum Gasteiger partial charge on any atom is -0.393 e. The van der Waals surface area contributed by atoms with Gasteiger partial charge in [-0.2, -0.15) is 0 Å². The lowest BCUT2D eigenvalue weighted by atomic mass is 10.0. The summed E-state index contributed by atoms with van der Waals surface area (Å²) in [5.41, 5.74) is -0.907. The number of hydrogen-bond donors (Lipinski definition) is 3. The first-order valence-electron chi connectivity index (χ1n) is 4.67. The lowest BCUT2D eigenvalue weighted by Gasteiger charge is -2.25. The van der Waals surface area contributed by atoms with E-state index in [9.17, 15) is 5.11 Å². The van der Waals surface area contributed by atoms with Crippen molar-refractivity contribution in [3.8, 4) is 0 Å². The molecule has 0 radical (unpaired) electrons. The summed E-state index contributed by atoms with van der Waals surface area (Å²) in [6.07, 6.45) is 0.110. The third-order valence-electron chi connectivity index (χ3n) is 2.21. The van der Waals surface area contributed by atoms with E-state index >= 15 is 0 Å². The van der Waals surface area contributed by atoms with E-state index in [1.807, 2.05) is 0 Å². The van der Waals surface area contributed by atoms with Crippen LogP contribution < -0.4 is 0 Å². The highest BCUT2D eigenvalue weighted by Crippen LogP contribution is 2.28. The van der Waals surface area contributed by atoms with Crippen LogP contribution in [0.3, 0.4) is 0 Å². The van der Waals surface area contributed by atoms with E-state index in [1.165, 1.54) is 13.8 Å². The second-order valence-electron chi connectivity index (χ2n) is 4.20. The number of hydrogen-bond acceptors (Lipinski definition) is 5. The van der Waals surface area contributed by atoms with Gasteiger partial charge in [0.05, 0.1) is 25.9 Å². The maximum atomic E-state index is 9.39. The summed E-state index contributed by atoms with van der Waals surface area (Å²) in [7, 11) is 0. The van der Waals surface area contributed by atoms with Gasteiger partial charge in [-0.05, 0) is 13.8 Å². The highest BCUT2D eigenvalue weighted by Gasteiger charge is 2.41. The summed E-state index contributed by atoms with van der Waals surface area (Å²) in [6, 6.07) is 0. The first kappa shape index (κ1) is 11.9. The van der Waals surface area contributed by atoms with Gasteiger partial charge >= 0.3 is 0 Å². The summed E-state index contributed by atoms with van der Waals surface area (Å²) in [5, 5.41) is 27.5. The van der Waals surface area contributed by atoms with Crippen molar-refractivity contribution < 1.29 is 24.8 Å². The molecule has 1 saturated heterocycles. The molecule has 1 atom stereocenters. The fourth-order valence-corrected chi connectivity index (χ4v) is 1.56. The Hall–Kier alpha value is -0.200. The Morgan fingerprint density at radius 2 is 2.00 bits per heavy atom. The topological polar surface area (TPSA) is 79.2 Å². The fraction of sp³-hybridized carbons (Fsp3) is 1.00. The minimum absolute atomic E-state index is 0.241. The Balaban J connectivity index is 2.48. The quantitative estimate of drug-likeness (QED) is 0.527. The molecule has 0 unspecified atom stereocenters. The summed E-state index contributed by atoms with van der Waals surface area (Å²) >= 11 is 0. The Morgan fingerprint density at radius 1 is 1.43 bits per heavy atom. The van der Waals surface area contributed by atoms with Crippen molar-refractivity contribution in [3.63, 3.8) is 0 Å². The van der Waals surface area contributed by atoms with Crippen molar-refractivity contribution in [2.45, 2.75) is 37.8 Å². The molecule has 0 aromatic heterocycles. The van der Waals surface area contributed by atoms with Crippen molar-refractivity contribution in [1.29, 1.82) is 0 Å². The second-order valence-corrected chi connectivity index (χ2v) is 4.20. The molecule has 0 amide bonds. The van der Waals surface area contributed by atoms with Gasteiger partial charge in [0.25, 0.3) is 0 Å². The van der Waals surface area contributed by atoms with E-state index in [0.29, 0.717) is 6.42 Å². The molecule has 14 heavy (non-hydrogen) atoms. The highest BCUT2D eigenvalue weighted by atomic mass is 16.6. The average Bonchev–Trinajstić information content (AvgIpc) is 2.46. The minimum atomic E-state index is -1.21. The smallest absolute Gasteiger partial charge is 0.160 e. The Morgan fingerprint density at radius 3 is 2.36 bits per heavy atom. The molecular formula is C9H18O5. The predicted octanol–water partition coefficient (Wildman–Crippen LogP) is -0.756. The standard InChI is InChI=1S/C9H18O5/c1-8(2,12)14-7-3-9(5-10,6-11)13-4-7/h7,10-12H,3-6H2,1-2H3/t7-/m0/s1. The molecule has 0 spiro atoms. The molecule has 0 aliphatic carbocycles. The van der Waals surface area contributed by atoms with Crippen LogP contribution in [0.2, 0.25) is 0 Å². The summed E-state index contributed by atoms with van der Waals surface area (Å²) in [6.45, 7) is 2.87. The molecular weight excluding hydrogens is 188 g/mol. The molecule has 1 aliphatic heterocycles. The maximum Gasteiger partial charge on any atom is 0.160 e. The first-order chi connectivity index (χ1) is 6.41. The van der Waals surface area contributed by atoms with Crippen LogP contribution in [0.25, 0.3) is 0 Å². The van der Waals surface area contributed by atoms with E-state index in [0.717, 1.165) is 0 Å². The zero-order chi connectivity index (χ0) is 10.8. The third-order valence-corrected chi connectivity index (χ3v) is 2.21. The van der Waals surface area contributed by atoms with Crippen LogP contribution >= 0.6 is 0 Å². The molecule has 0 aromatic rings. The zero-order valence-corrected chi connectivity index (χ0v) is 8.56. The molecule has 3 N–H and O–H groups in total. The predicted molar refractivity (Wildman–Crippen MR) is 48.6 cm³/mol. The second kappa shape index (κ2) is 4.12. The van der Waals surface area contributed by atoms with Crippen molar-refractivity contribution in [3.05, 3.63) is 0 Å². The van der Waals surface area contributed by atoms with E-state index in [-0.39, 0.29) is 25.9 Å². The fourth-order valence-electron chi connectivity index (χ4n) is 1.56. The highest BCUT2D eigenvalue weighted by molar-refractivity contribution is 4.89. The van der Waals surface area contributed by atoms with Gasteiger partial charge in [-0.25, -0.2) is 0 Å². The van der Waals surface area contributed by atoms with Crippen LogP contribution in [0.1, 0.15) is 20.3 Å². The van der Waals surface area contributed by atoms with Gasteiger partial charge in [-0.1, -0.05) is 0 Å². The third kappa shape index (κ3) is 2.90. The van der Waals surface area contributed by atoms with Gasteiger partial charge in [0.1, 0.15) is 5.60 Å². The normalized spacial score (nSPS) is 26.8. The van der Waals surface area contributed by atoms with E-state index in [4.69, 9.17) is 19.7 Å². The van der Waals surface area contributed by atoms with Crippen LogP contribution in [-0.4, -0.2) is 52.6 Å². The Kier molecular flexibility index (Phi) is 3.49. The molecule has 5 nitrogen and oxygen atoms in total. The van der Waals surface area contributed by atoms with E-state index in [1.54, 1.807) is 0 Å². The average molecular weight is 206 g/mol. The molecule has 1 rings (SSSR count). The zero-order valence-electron chi connectivity index (χ0n) is 8.56. The number of rotatable bonds is 4. The SMILES string of the molecule is CC(C)(O)O[C@@H]1COC(CO)(CO)C1. The Bertz CT molecular complexity index is 182. The number of aliphatic hydroxyl groups excluding tert-OH is 2. The maximum absolute atomic E-state index is 9.39. The van der Waals surface area contributed by atoms with Crippen molar-refractivity contribution in [2.75, 3.05) is 19.8 Å². The van der Waals surface area contributed by atoms with Gasteiger partial charge in [0, 0.05) is 6.42 Å². The van der Waals surface area contributed by atoms with Crippen molar-refractivity contribution >= 4 is 0 Å². The molecule has 5 heteroatoms. The Labute approximate surface area is 83.3 Å². The largest absolute Gasteiger partial charge is 0.393 e. The molecule has 1 aliphatic rings. The number of aliphatic hydroxyl groups is 3. The summed E-state index contributed by atoms with van der Waals surface area (Å²) in [4.78, 5) is 0. The molecule has 1 heterocycles. The van der Waals surface area contributed by atoms with Crippen LogP contribution in [0.4, 0.5) is 0 Å². The summed E-state index contributed by atoms with van der Waals surface area (Å²) in [5.74, 6) is -1.21. The molecule has 0 saturated carbocycles. The van der Waals surface area contributed by atoms with E-state index in [2.05, 4.69) is 0 Å². The van der Waals surface area contributed by atoms with Gasteiger partial charge in [0.2, 0.25) is 0 Å². The molecule has 0 bridgehead atoms. The lowest BCUT2D eigenvalue weighted by Crippen LogP contribution is -2.38.